The van der Waals surface area contributed by atoms with Crippen molar-refractivity contribution in [3.05, 3.63) is 6.07 Å². The van der Waals surface area contributed by atoms with Gasteiger partial charge in [-0.3, -0.25) is 0 Å². The van der Waals surface area contributed by atoms with Crippen molar-refractivity contribution in [2.24, 2.45) is 5.92 Å². The number of aliphatic hydroxyl groups excluding tert-OH is 1. The molecular formula is C11H18N4OS. The third kappa shape index (κ3) is 2.81. The Morgan fingerprint density at radius 3 is 2.94 bits per heavy atom. The van der Waals surface area contributed by atoms with Gasteiger partial charge in [0, 0.05) is 25.1 Å². The van der Waals surface area contributed by atoms with Gasteiger partial charge in [0.2, 0.25) is 0 Å². The van der Waals surface area contributed by atoms with Crippen LogP contribution in [0.25, 0.3) is 0 Å². The molecule has 1 aromatic rings. The maximum Gasteiger partial charge on any atom is 0.191 e. The number of hydrogen-bond donors (Lipinski definition) is 2. The monoisotopic (exact) mass is 254 g/mol. The average Bonchev–Trinajstić information content (AvgIpc) is 2.77. The Labute approximate surface area is 105 Å². The normalized spacial score (nSPS) is 21.8. The van der Waals surface area contributed by atoms with Crippen LogP contribution in [-0.2, 0) is 0 Å². The molecule has 0 amide bonds. The van der Waals surface area contributed by atoms with Crippen LogP contribution in [0.15, 0.2) is 11.2 Å². The van der Waals surface area contributed by atoms with E-state index >= 15 is 0 Å². The first kappa shape index (κ1) is 12.4. The summed E-state index contributed by atoms with van der Waals surface area (Å²) in [5, 5.41) is 10.3. The number of aliphatic hydroxyl groups is 1. The van der Waals surface area contributed by atoms with Crippen LogP contribution in [0.5, 0.6) is 0 Å². The molecule has 2 unspecified atom stereocenters. The van der Waals surface area contributed by atoms with Crippen molar-refractivity contribution >= 4 is 23.4 Å². The number of rotatable bonds is 3. The first-order valence-corrected chi connectivity index (χ1v) is 6.94. The molecule has 3 N–H and O–H groups in total. The van der Waals surface area contributed by atoms with E-state index in [9.17, 15) is 5.11 Å². The molecule has 1 aliphatic heterocycles. The fraction of sp³-hybridized carbons (Fsp3) is 0.636. The molecule has 5 nitrogen and oxygen atoms in total. The molecule has 0 bridgehead atoms. The second-order valence-electron chi connectivity index (χ2n) is 4.37. The molecule has 1 aromatic heterocycles. The van der Waals surface area contributed by atoms with Crippen molar-refractivity contribution in [2.45, 2.75) is 24.6 Å². The van der Waals surface area contributed by atoms with Gasteiger partial charge in [-0.15, -0.1) is 0 Å². The number of nitrogen functional groups attached to an aromatic ring is 1. The van der Waals surface area contributed by atoms with E-state index in [1.54, 1.807) is 6.07 Å². The van der Waals surface area contributed by atoms with Crippen LogP contribution in [0.3, 0.4) is 0 Å². The molecule has 0 radical (unpaired) electrons. The smallest absolute Gasteiger partial charge is 0.191 e. The molecule has 1 saturated heterocycles. The third-order valence-electron chi connectivity index (χ3n) is 3.13. The Kier molecular flexibility index (Phi) is 3.73. The van der Waals surface area contributed by atoms with Crippen LogP contribution in [0.2, 0.25) is 0 Å². The van der Waals surface area contributed by atoms with Crippen LogP contribution < -0.4 is 10.6 Å². The number of aromatic nitrogens is 2. The van der Waals surface area contributed by atoms with Crippen LogP contribution in [0.4, 0.5) is 11.6 Å². The fourth-order valence-corrected chi connectivity index (χ4v) is 2.45. The summed E-state index contributed by atoms with van der Waals surface area (Å²) in [6.07, 6.45) is 2.66. The van der Waals surface area contributed by atoms with Gasteiger partial charge in [-0.05, 0) is 19.6 Å². The average molecular weight is 254 g/mol. The highest BCUT2D eigenvalue weighted by Crippen LogP contribution is 2.26. The molecular weight excluding hydrogens is 236 g/mol. The zero-order valence-electron chi connectivity index (χ0n) is 10.1. The first-order valence-electron chi connectivity index (χ1n) is 5.71. The highest BCUT2D eigenvalue weighted by Gasteiger charge is 2.27. The Balaban J connectivity index is 2.15. The predicted octanol–water partition coefficient (Wildman–Crippen LogP) is 0.988. The van der Waals surface area contributed by atoms with Crippen molar-refractivity contribution in [3.8, 4) is 0 Å². The van der Waals surface area contributed by atoms with E-state index in [-0.39, 0.29) is 6.10 Å². The minimum absolute atomic E-state index is 0.265. The van der Waals surface area contributed by atoms with Gasteiger partial charge < -0.3 is 15.7 Å². The van der Waals surface area contributed by atoms with E-state index in [2.05, 4.69) is 14.9 Å². The standard InChI is InChI=1S/C11H18N4OS/c1-7(16)8-3-4-15(6-8)10-5-9(12)13-11(14-10)17-2/h5,7-8,16H,3-4,6H2,1-2H3,(H2,12,13,14). The van der Waals surface area contributed by atoms with Crippen molar-refractivity contribution < 1.29 is 5.11 Å². The lowest BCUT2D eigenvalue weighted by molar-refractivity contribution is 0.136. The molecule has 94 valence electrons. The first-order chi connectivity index (χ1) is 8.10. The van der Waals surface area contributed by atoms with Gasteiger partial charge in [0.25, 0.3) is 0 Å². The topological polar surface area (TPSA) is 75.3 Å². The van der Waals surface area contributed by atoms with E-state index in [4.69, 9.17) is 5.73 Å². The molecule has 6 heteroatoms. The van der Waals surface area contributed by atoms with Gasteiger partial charge in [0.1, 0.15) is 11.6 Å². The summed E-state index contributed by atoms with van der Waals surface area (Å²) in [4.78, 5) is 10.7. The van der Waals surface area contributed by atoms with Crippen molar-refractivity contribution in [3.63, 3.8) is 0 Å². The van der Waals surface area contributed by atoms with E-state index < -0.39 is 0 Å². The van der Waals surface area contributed by atoms with Gasteiger partial charge >= 0.3 is 0 Å². The molecule has 17 heavy (non-hydrogen) atoms. The van der Waals surface area contributed by atoms with Crippen molar-refractivity contribution in [1.82, 2.24) is 9.97 Å². The molecule has 2 heterocycles. The van der Waals surface area contributed by atoms with E-state index in [1.807, 2.05) is 13.2 Å². The van der Waals surface area contributed by atoms with Crippen LogP contribution in [0, 0.1) is 5.92 Å². The lowest BCUT2D eigenvalue weighted by atomic mass is 10.0. The van der Waals surface area contributed by atoms with Crippen molar-refractivity contribution in [2.75, 3.05) is 30.0 Å². The van der Waals surface area contributed by atoms with Gasteiger partial charge in [-0.2, -0.15) is 0 Å². The van der Waals surface area contributed by atoms with Crippen LogP contribution >= 0.6 is 11.8 Å². The number of thioether (sulfide) groups is 1. The molecule has 0 aliphatic carbocycles. The minimum Gasteiger partial charge on any atom is -0.393 e. The molecule has 0 spiro atoms. The summed E-state index contributed by atoms with van der Waals surface area (Å²) in [7, 11) is 0. The SMILES string of the molecule is CSc1nc(N)cc(N2CCC(C(C)O)C2)n1. The van der Waals surface area contributed by atoms with Crippen LogP contribution in [0.1, 0.15) is 13.3 Å². The molecule has 1 fully saturated rings. The summed E-state index contributed by atoms with van der Waals surface area (Å²) in [6, 6.07) is 1.80. The minimum atomic E-state index is -0.265. The van der Waals surface area contributed by atoms with Crippen LogP contribution in [-0.4, -0.2) is 40.5 Å². The molecule has 1 aliphatic rings. The molecule has 2 rings (SSSR count). The summed E-state index contributed by atoms with van der Waals surface area (Å²) < 4.78 is 0. The maximum absolute atomic E-state index is 9.58. The number of hydrogen-bond acceptors (Lipinski definition) is 6. The highest BCUT2D eigenvalue weighted by molar-refractivity contribution is 7.98. The Morgan fingerprint density at radius 2 is 2.35 bits per heavy atom. The quantitative estimate of drug-likeness (QED) is 0.619. The molecule has 0 saturated carbocycles. The zero-order valence-corrected chi connectivity index (χ0v) is 10.9. The van der Waals surface area contributed by atoms with Gasteiger partial charge in [0.05, 0.1) is 6.10 Å². The number of nitrogens with two attached hydrogens (primary N) is 1. The van der Waals surface area contributed by atoms with E-state index in [0.717, 1.165) is 25.3 Å². The Bertz CT molecular complexity index is 399. The lowest BCUT2D eigenvalue weighted by Crippen LogP contribution is -2.25. The molecule has 2 atom stereocenters. The summed E-state index contributed by atoms with van der Waals surface area (Å²) in [6.45, 7) is 3.59. The summed E-state index contributed by atoms with van der Waals surface area (Å²) >= 11 is 1.48. The maximum atomic E-state index is 9.58. The van der Waals surface area contributed by atoms with Crippen molar-refractivity contribution in [1.29, 1.82) is 0 Å². The van der Waals surface area contributed by atoms with E-state index in [1.165, 1.54) is 11.8 Å². The largest absolute Gasteiger partial charge is 0.393 e. The highest BCUT2D eigenvalue weighted by atomic mass is 32.2. The summed E-state index contributed by atoms with van der Waals surface area (Å²) in [5.41, 5.74) is 5.76. The van der Waals surface area contributed by atoms with Gasteiger partial charge in [-0.1, -0.05) is 11.8 Å². The Hall–Kier alpha value is -1.01. The third-order valence-corrected chi connectivity index (χ3v) is 3.67. The lowest BCUT2D eigenvalue weighted by Gasteiger charge is -2.19. The van der Waals surface area contributed by atoms with Gasteiger partial charge in [-0.25, -0.2) is 9.97 Å². The zero-order chi connectivity index (χ0) is 12.4. The fourth-order valence-electron chi connectivity index (χ4n) is 2.07. The second kappa shape index (κ2) is 5.10. The number of nitrogens with zero attached hydrogens (tertiary/aromatic N) is 3. The predicted molar refractivity (Wildman–Crippen MR) is 70.2 cm³/mol. The van der Waals surface area contributed by atoms with Gasteiger partial charge in [0.15, 0.2) is 5.16 Å². The molecule has 0 aromatic carbocycles. The number of anilines is 2. The summed E-state index contributed by atoms with van der Waals surface area (Å²) in [5.74, 6) is 1.69. The Morgan fingerprint density at radius 1 is 1.59 bits per heavy atom. The second-order valence-corrected chi connectivity index (χ2v) is 5.15. The van der Waals surface area contributed by atoms with E-state index in [0.29, 0.717) is 16.9 Å².